The predicted molar refractivity (Wildman–Crippen MR) is 125 cm³/mol. The van der Waals surface area contributed by atoms with Crippen LogP contribution in [0.15, 0.2) is 82.6 Å². The summed E-state index contributed by atoms with van der Waals surface area (Å²) >= 11 is 0. The SMILES string of the molecule is Cc1ccc(C2=NOC(c3cc(C(F)(F)F)cc(C(F)(F)F)c3)N2Cc2cnccc2-c2ccccc2F)o1. The van der Waals surface area contributed by atoms with Crippen LogP contribution in [0.3, 0.4) is 0 Å². The first-order chi connectivity index (χ1) is 18.4. The van der Waals surface area contributed by atoms with E-state index in [0.29, 0.717) is 29.0 Å². The second-order valence-electron chi connectivity index (χ2n) is 8.76. The van der Waals surface area contributed by atoms with Crippen molar-refractivity contribution in [2.24, 2.45) is 5.16 Å². The van der Waals surface area contributed by atoms with E-state index in [0.717, 1.165) is 0 Å². The molecule has 0 fully saturated rings. The molecule has 12 heteroatoms. The molecule has 0 spiro atoms. The molecular weight excluding hydrogens is 531 g/mol. The number of oxime groups is 1. The molecule has 0 N–H and O–H groups in total. The molecule has 5 rings (SSSR count). The van der Waals surface area contributed by atoms with Crippen LogP contribution in [0.25, 0.3) is 11.1 Å². The summed E-state index contributed by atoms with van der Waals surface area (Å²) in [7, 11) is 0. The standard InChI is InChI=1S/C27H18F7N3O2/c1-15-6-7-23(38-15)24-36-39-25(16-10-18(26(29,30)31)12-19(11-16)27(32,33)34)37(24)14-17-13-35-9-8-20(17)21-4-2-3-5-22(21)28/h2-13,25H,14H2,1H3. The number of rotatable bonds is 5. The third-order valence-electron chi connectivity index (χ3n) is 6.06. The molecule has 1 unspecified atom stereocenters. The highest BCUT2D eigenvalue weighted by atomic mass is 19.4. The molecule has 39 heavy (non-hydrogen) atoms. The third kappa shape index (κ3) is 5.31. The topological polar surface area (TPSA) is 50.9 Å². The third-order valence-corrected chi connectivity index (χ3v) is 6.06. The lowest BCUT2D eigenvalue weighted by atomic mass is 9.99. The first-order valence-corrected chi connectivity index (χ1v) is 11.5. The highest BCUT2D eigenvalue weighted by Gasteiger charge is 2.41. The van der Waals surface area contributed by atoms with Gasteiger partial charge in [0.05, 0.1) is 17.7 Å². The molecule has 0 amide bonds. The van der Waals surface area contributed by atoms with Crippen LogP contribution in [0.5, 0.6) is 0 Å². The second-order valence-corrected chi connectivity index (χ2v) is 8.76. The Morgan fingerprint density at radius 1 is 0.872 bits per heavy atom. The predicted octanol–water partition coefficient (Wildman–Crippen LogP) is 7.72. The minimum Gasteiger partial charge on any atom is -0.458 e. The molecule has 2 aromatic carbocycles. The fourth-order valence-corrected chi connectivity index (χ4v) is 4.26. The van der Waals surface area contributed by atoms with Crippen molar-refractivity contribution >= 4 is 5.84 Å². The molecule has 5 nitrogen and oxygen atoms in total. The number of amidine groups is 1. The van der Waals surface area contributed by atoms with Crippen LogP contribution in [0.4, 0.5) is 30.7 Å². The van der Waals surface area contributed by atoms with Crippen LogP contribution < -0.4 is 0 Å². The van der Waals surface area contributed by atoms with Crippen molar-refractivity contribution in [3.05, 3.63) is 113 Å². The number of benzene rings is 2. The number of aryl methyl sites for hydroxylation is 1. The quantitative estimate of drug-likeness (QED) is 0.239. The summed E-state index contributed by atoms with van der Waals surface area (Å²) in [6.45, 7) is 1.49. The monoisotopic (exact) mass is 549 g/mol. The van der Waals surface area contributed by atoms with Gasteiger partial charge in [-0.3, -0.25) is 4.98 Å². The molecule has 0 aliphatic carbocycles. The Labute approximate surface area is 217 Å². The summed E-state index contributed by atoms with van der Waals surface area (Å²) in [5.41, 5.74) is -2.35. The number of alkyl halides is 6. The summed E-state index contributed by atoms with van der Waals surface area (Å²) in [5.74, 6) is 0.169. The van der Waals surface area contributed by atoms with Gasteiger partial charge in [0.1, 0.15) is 11.6 Å². The summed E-state index contributed by atoms with van der Waals surface area (Å²) < 4.78 is 102. The maximum atomic E-state index is 14.7. The minimum absolute atomic E-state index is 0.0300. The van der Waals surface area contributed by atoms with Gasteiger partial charge in [-0.05, 0) is 60.5 Å². The molecule has 202 valence electrons. The van der Waals surface area contributed by atoms with E-state index in [4.69, 9.17) is 9.25 Å². The largest absolute Gasteiger partial charge is 0.458 e. The van der Waals surface area contributed by atoms with Gasteiger partial charge in [-0.15, -0.1) is 0 Å². The van der Waals surface area contributed by atoms with Gasteiger partial charge >= 0.3 is 12.4 Å². The summed E-state index contributed by atoms with van der Waals surface area (Å²) in [4.78, 5) is 10.9. The Bertz CT molecular complexity index is 1510. The van der Waals surface area contributed by atoms with Crippen LogP contribution in [-0.2, 0) is 23.7 Å². The average Bonchev–Trinajstić information content (AvgIpc) is 3.49. The summed E-state index contributed by atoms with van der Waals surface area (Å²) in [5, 5.41) is 3.95. The van der Waals surface area contributed by atoms with Crippen molar-refractivity contribution in [1.29, 1.82) is 0 Å². The van der Waals surface area contributed by atoms with E-state index in [1.54, 1.807) is 37.3 Å². The molecule has 0 bridgehead atoms. The number of nitrogens with zero attached hydrogens (tertiary/aromatic N) is 3. The zero-order valence-corrected chi connectivity index (χ0v) is 20.0. The van der Waals surface area contributed by atoms with Gasteiger partial charge in [0, 0.05) is 23.5 Å². The number of furan rings is 1. The maximum Gasteiger partial charge on any atom is 0.416 e. The van der Waals surface area contributed by atoms with Crippen molar-refractivity contribution < 1.29 is 40.0 Å². The Balaban J connectivity index is 1.63. The molecule has 0 saturated heterocycles. The Morgan fingerprint density at radius 3 is 2.18 bits per heavy atom. The van der Waals surface area contributed by atoms with E-state index in [2.05, 4.69) is 10.1 Å². The van der Waals surface area contributed by atoms with Crippen molar-refractivity contribution in [3.8, 4) is 11.1 Å². The molecule has 0 radical (unpaired) electrons. The van der Waals surface area contributed by atoms with Gasteiger partial charge in [-0.2, -0.15) is 26.3 Å². The van der Waals surface area contributed by atoms with Crippen molar-refractivity contribution in [3.63, 3.8) is 0 Å². The van der Waals surface area contributed by atoms with Crippen LogP contribution in [-0.4, -0.2) is 15.7 Å². The first kappa shape index (κ1) is 26.3. The normalized spacial score (nSPS) is 15.8. The first-order valence-electron chi connectivity index (χ1n) is 11.5. The molecular formula is C27H18F7N3O2. The molecule has 1 aliphatic heterocycles. The smallest absolute Gasteiger partial charge is 0.416 e. The molecule has 1 aliphatic rings. The maximum absolute atomic E-state index is 14.7. The summed E-state index contributed by atoms with van der Waals surface area (Å²) in [6.07, 6.45) is -8.74. The van der Waals surface area contributed by atoms with Crippen molar-refractivity contribution in [2.45, 2.75) is 32.0 Å². The highest BCUT2D eigenvalue weighted by Crippen LogP contribution is 2.41. The van der Waals surface area contributed by atoms with Gasteiger partial charge in [0.25, 0.3) is 0 Å². The fourth-order valence-electron chi connectivity index (χ4n) is 4.26. The number of halogens is 7. The molecule has 3 heterocycles. The second kappa shape index (κ2) is 9.75. The molecule has 4 aromatic rings. The Hall–Kier alpha value is -4.35. The molecule has 0 saturated carbocycles. The fraction of sp³-hybridized carbons (Fsp3) is 0.185. The Morgan fingerprint density at radius 2 is 1.56 bits per heavy atom. The van der Waals surface area contributed by atoms with Crippen LogP contribution in [0.2, 0.25) is 0 Å². The molecule has 2 aromatic heterocycles. The van der Waals surface area contributed by atoms with Crippen molar-refractivity contribution in [2.75, 3.05) is 0 Å². The zero-order valence-electron chi connectivity index (χ0n) is 20.0. The van der Waals surface area contributed by atoms with Crippen LogP contribution in [0, 0.1) is 12.7 Å². The minimum atomic E-state index is -5.05. The summed E-state index contributed by atoms with van der Waals surface area (Å²) in [6, 6.07) is 11.9. The van der Waals surface area contributed by atoms with Gasteiger partial charge < -0.3 is 14.2 Å². The van der Waals surface area contributed by atoms with Gasteiger partial charge in [-0.1, -0.05) is 23.4 Å². The average molecular weight is 549 g/mol. The van der Waals surface area contributed by atoms with Crippen LogP contribution in [0.1, 0.15) is 40.0 Å². The van der Waals surface area contributed by atoms with E-state index in [1.807, 2.05) is 0 Å². The van der Waals surface area contributed by atoms with Crippen LogP contribution >= 0.6 is 0 Å². The molecule has 1 atom stereocenters. The van der Waals surface area contributed by atoms with E-state index in [1.165, 1.54) is 29.4 Å². The number of hydrogen-bond donors (Lipinski definition) is 0. The van der Waals surface area contributed by atoms with E-state index in [9.17, 15) is 30.7 Å². The van der Waals surface area contributed by atoms with E-state index >= 15 is 0 Å². The number of aromatic nitrogens is 1. The number of pyridine rings is 1. The van der Waals surface area contributed by atoms with Gasteiger partial charge in [-0.25, -0.2) is 4.39 Å². The van der Waals surface area contributed by atoms with Gasteiger partial charge in [0.15, 0.2) is 5.76 Å². The van der Waals surface area contributed by atoms with Crippen molar-refractivity contribution in [1.82, 2.24) is 9.88 Å². The lowest BCUT2D eigenvalue weighted by Crippen LogP contribution is -2.31. The van der Waals surface area contributed by atoms with E-state index < -0.39 is 41.1 Å². The lowest BCUT2D eigenvalue weighted by Gasteiger charge is -2.27. The Kier molecular flexibility index (Phi) is 6.57. The van der Waals surface area contributed by atoms with E-state index in [-0.39, 0.29) is 29.8 Å². The van der Waals surface area contributed by atoms with Gasteiger partial charge in [0.2, 0.25) is 12.1 Å². The number of hydrogen-bond acceptors (Lipinski definition) is 5. The zero-order chi connectivity index (χ0) is 27.9. The highest BCUT2D eigenvalue weighted by molar-refractivity contribution is 5.97. The lowest BCUT2D eigenvalue weighted by molar-refractivity contribution is -0.143.